The summed E-state index contributed by atoms with van der Waals surface area (Å²) >= 11 is 0. The minimum absolute atomic E-state index is 0.216. The Bertz CT molecular complexity index is 184. The Hall–Kier alpha value is -0.570. The van der Waals surface area contributed by atoms with Crippen LogP contribution < -0.4 is 5.32 Å². The van der Waals surface area contributed by atoms with E-state index in [9.17, 15) is 4.79 Å². The molecule has 0 radical (unpaired) electrons. The van der Waals surface area contributed by atoms with Gasteiger partial charge in [0.25, 0.3) is 0 Å². The van der Waals surface area contributed by atoms with Gasteiger partial charge >= 0.3 is 0 Å². The van der Waals surface area contributed by atoms with Crippen molar-refractivity contribution in [3.05, 3.63) is 0 Å². The van der Waals surface area contributed by atoms with Crippen LogP contribution in [-0.4, -0.2) is 36.0 Å². The van der Waals surface area contributed by atoms with E-state index in [0.717, 1.165) is 32.5 Å². The predicted molar refractivity (Wildman–Crippen MR) is 64.9 cm³/mol. The van der Waals surface area contributed by atoms with Crippen LogP contribution in [0.2, 0.25) is 0 Å². The fourth-order valence-corrected chi connectivity index (χ4v) is 1.77. The molecule has 0 saturated carbocycles. The molecule has 0 saturated heterocycles. The zero-order valence-corrected chi connectivity index (χ0v) is 10.9. The molecule has 0 rings (SSSR count). The van der Waals surface area contributed by atoms with E-state index in [1.54, 1.807) is 0 Å². The highest BCUT2D eigenvalue weighted by Gasteiger charge is 2.29. The minimum atomic E-state index is -0.431. The number of nitrogens with zero attached hydrogens (tertiary/aromatic N) is 1. The number of rotatable bonds is 7. The number of nitrogens with one attached hydrogen (secondary N) is 1. The molecule has 3 heteroatoms. The van der Waals surface area contributed by atoms with Gasteiger partial charge < -0.3 is 10.2 Å². The summed E-state index contributed by atoms with van der Waals surface area (Å²) in [4.78, 5) is 14.2. The molecular formula is C12H26N2O. The fraction of sp³-hybridized carbons (Fsp3) is 0.917. The Morgan fingerprint density at radius 3 is 1.93 bits per heavy atom. The lowest BCUT2D eigenvalue weighted by atomic mass is 10.0. The molecule has 0 heterocycles. The Kier molecular flexibility index (Phi) is 6.57. The van der Waals surface area contributed by atoms with Crippen LogP contribution >= 0.6 is 0 Å². The van der Waals surface area contributed by atoms with Crippen molar-refractivity contribution in [2.75, 3.05) is 19.6 Å². The van der Waals surface area contributed by atoms with Gasteiger partial charge in [0.1, 0.15) is 0 Å². The van der Waals surface area contributed by atoms with Crippen LogP contribution in [0.25, 0.3) is 0 Å². The van der Waals surface area contributed by atoms with E-state index in [4.69, 9.17) is 0 Å². The second-order valence-corrected chi connectivity index (χ2v) is 4.45. The minimum Gasteiger partial charge on any atom is -0.341 e. The molecule has 0 aromatic rings. The third-order valence-corrected chi connectivity index (χ3v) is 2.43. The Labute approximate surface area is 94.2 Å². The lowest BCUT2D eigenvalue weighted by Gasteiger charge is -2.32. The Morgan fingerprint density at radius 2 is 1.60 bits per heavy atom. The van der Waals surface area contributed by atoms with Crippen LogP contribution in [0, 0.1) is 0 Å². The smallest absolute Gasteiger partial charge is 0.242 e. The Balaban J connectivity index is 4.46. The maximum absolute atomic E-state index is 12.2. The molecule has 0 aliphatic carbocycles. The van der Waals surface area contributed by atoms with Crippen molar-refractivity contribution in [2.24, 2.45) is 0 Å². The van der Waals surface area contributed by atoms with Crippen molar-refractivity contribution in [1.29, 1.82) is 0 Å². The number of carbonyl (C=O) groups is 1. The summed E-state index contributed by atoms with van der Waals surface area (Å²) in [5.74, 6) is 0.216. The highest BCUT2D eigenvalue weighted by Crippen LogP contribution is 2.09. The first-order chi connectivity index (χ1) is 6.99. The number of likely N-dealkylation sites (N-methyl/N-ethyl adjacent to an activating group) is 1. The molecule has 0 aromatic heterocycles. The maximum Gasteiger partial charge on any atom is 0.242 e. The molecule has 0 aliphatic rings. The monoisotopic (exact) mass is 214 g/mol. The average molecular weight is 214 g/mol. The number of amides is 1. The molecule has 15 heavy (non-hydrogen) atoms. The normalized spacial score (nSPS) is 11.5. The maximum atomic E-state index is 12.2. The van der Waals surface area contributed by atoms with E-state index in [1.807, 2.05) is 25.7 Å². The lowest BCUT2D eigenvalue weighted by Crippen LogP contribution is -2.54. The Morgan fingerprint density at radius 1 is 1.13 bits per heavy atom. The molecule has 0 aliphatic heterocycles. The molecular weight excluding hydrogens is 188 g/mol. The molecule has 0 aromatic carbocycles. The van der Waals surface area contributed by atoms with Crippen LogP contribution in [0.1, 0.15) is 47.5 Å². The van der Waals surface area contributed by atoms with E-state index in [1.165, 1.54) is 0 Å². The van der Waals surface area contributed by atoms with Crippen molar-refractivity contribution in [2.45, 2.75) is 53.0 Å². The third-order valence-electron chi connectivity index (χ3n) is 2.43. The van der Waals surface area contributed by atoms with E-state index in [-0.39, 0.29) is 5.91 Å². The quantitative estimate of drug-likeness (QED) is 0.703. The summed E-state index contributed by atoms with van der Waals surface area (Å²) in [7, 11) is 0. The summed E-state index contributed by atoms with van der Waals surface area (Å²) in [6.45, 7) is 12.7. The van der Waals surface area contributed by atoms with Gasteiger partial charge in [-0.05, 0) is 33.2 Å². The molecule has 0 bridgehead atoms. The zero-order chi connectivity index (χ0) is 11.9. The number of hydrogen-bond donors (Lipinski definition) is 1. The summed E-state index contributed by atoms with van der Waals surface area (Å²) in [5, 5.41) is 3.23. The predicted octanol–water partition coefficient (Wildman–Crippen LogP) is 2.02. The molecule has 90 valence electrons. The van der Waals surface area contributed by atoms with E-state index < -0.39 is 5.54 Å². The summed E-state index contributed by atoms with van der Waals surface area (Å²) < 4.78 is 0. The van der Waals surface area contributed by atoms with Crippen LogP contribution in [0.5, 0.6) is 0 Å². The average Bonchev–Trinajstić information content (AvgIpc) is 2.16. The molecule has 0 spiro atoms. The van der Waals surface area contributed by atoms with Crippen LogP contribution in [0.4, 0.5) is 0 Å². The van der Waals surface area contributed by atoms with Crippen molar-refractivity contribution >= 4 is 5.91 Å². The second-order valence-electron chi connectivity index (χ2n) is 4.45. The molecule has 0 fully saturated rings. The topological polar surface area (TPSA) is 32.3 Å². The van der Waals surface area contributed by atoms with Crippen LogP contribution in [-0.2, 0) is 4.79 Å². The first-order valence-electron chi connectivity index (χ1n) is 6.04. The van der Waals surface area contributed by atoms with Gasteiger partial charge in [-0.1, -0.05) is 20.8 Å². The highest BCUT2D eigenvalue weighted by atomic mass is 16.2. The SMILES string of the molecule is CCCN(CCC)C(=O)C(C)(C)NCC. The van der Waals surface area contributed by atoms with Gasteiger partial charge in [0, 0.05) is 13.1 Å². The van der Waals surface area contributed by atoms with Gasteiger partial charge in [0.05, 0.1) is 5.54 Å². The summed E-state index contributed by atoms with van der Waals surface area (Å²) in [5.41, 5.74) is -0.431. The van der Waals surface area contributed by atoms with Crippen LogP contribution in [0.3, 0.4) is 0 Å². The van der Waals surface area contributed by atoms with Gasteiger partial charge in [-0.15, -0.1) is 0 Å². The standard InChI is InChI=1S/C12H26N2O/c1-6-9-14(10-7-2)11(15)12(4,5)13-8-3/h13H,6-10H2,1-5H3. The molecule has 3 nitrogen and oxygen atoms in total. The van der Waals surface area contributed by atoms with Crippen molar-refractivity contribution in [3.63, 3.8) is 0 Å². The first kappa shape index (κ1) is 14.4. The van der Waals surface area contributed by atoms with E-state index in [0.29, 0.717) is 0 Å². The fourth-order valence-electron chi connectivity index (χ4n) is 1.77. The molecule has 0 atom stereocenters. The zero-order valence-electron chi connectivity index (χ0n) is 10.9. The van der Waals surface area contributed by atoms with Gasteiger partial charge in [0.15, 0.2) is 0 Å². The summed E-state index contributed by atoms with van der Waals surface area (Å²) in [6, 6.07) is 0. The number of carbonyl (C=O) groups excluding carboxylic acids is 1. The second kappa shape index (κ2) is 6.83. The van der Waals surface area contributed by atoms with Gasteiger partial charge in [-0.3, -0.25) is 4.79 Å². The van der Waals surface area contributed by atoms with Crippen LogP contribution in [0.15, 0.2) is 0 Å². The highest BCUT2D eigenvalue weighted by molar-refractivity contribution is 5.85. The van der Waals surface area contributed by atoms with Gasteiger partial charge in [-0.2, -0.15) is 0 Å². The molecule has 0 unspecified atom stereocenters. The third kappa shape index (κ3) is 4.65. The van der Waals surface area contributed by atoms with Gasteiger partial charge in [0.2, 0.25) is 5.91 Å². The molecule has 1 N–H and O–H groups in total. The van der Waals surface area contributed by atoms with E-state index >= 15 is 0 Å². The number of hydrogen-bond acceptors (Lipinski definition) is 2. The molecule has 1 amide bonds. The van der Waals surface area contributed by atoms with Crippen molar-refractivity contribution in [1.82, 2.24) is 10.2 Å². The van der Waals surface area contributed by atoms with E-state index in [2.05, 4.69) is 19.2 Å². The lowest BCUT2D eigenvalue weighted by molar-refractivity contribution is -0.137. The van der Waals surface area contributed by atoms with Crippen molar-refractivity contribution < 1.29 is 4.79 Å². The summed E-state index contributed by atoms with van der Waals surface area (Å²) in [6.07, 6.45) is 2.04. The van der Waals surface area contributed by atoms with Gasteiger partial charge in [-0.25, -0.2) is 0 Å². The largest absolute Gasteiger partial charge is 0.341 e. The van der Waals surface area contributed by atoms with Crippen molar-refractivity contribution in [3.8, 4) is 0 Å². The first-order valence-corrected chi connectivity index (χ1v) is 6.04.